The van der Waals surface area contributed by atoms with Gasteiger partial charge in [0.05, 0.1) is 35.4 Å². The van der Waals surface area contributed by atoms with E-state index in [0.29, 0.717) is 12.3 Å². The number of rotatable bonds is 5. The summed E-state index contributed by atoms with van der Waals surface area (Å²) >= 11 is 0. The lowest BCUT2D eigenvalue weighted by Gasteiger charge is -2.34. The summed E-state index contributed by atoms with van der Waals surface area (Å²) in [6.07, 6.45) is 1.68. The van der Waals surface area contributed by atoms with E-state index in [1.54, 1.807) is 30.0 Å². The number of para-hydroxylation sites is 2. The summed E-state index contributed by atoms with van der Waals surface area (Å²) < 4.78 is 7.07. The van der Waals surface area contributed by atoms with Crippen LogP contribution >= 0.6 is 0 Å². The number of hydrogen-bond donors (Lipinski definition) is 1. The van der Waals surface area contributed by atoms with Crippen molar-refractivity contribution in [3.8, 4) is 5.75 Å². The number of ether oxygens (including phenoxy) is 1. The number of fused-ring (bicyclic) bond motifs is 2. The Labute approximate surface area is 173 Å². The van der Waals surface area contributed by atoms with Gasteiger partial charge in [0.2, 0.25) is 5.95 Å². The SMILES string of the molecule is COc1cnc2ccc(=O)n(CCN3CCN(c4nc5ccccc5[nH]4)CC3)c2c1. The van der Waals surface area contributed by atoms with Crippen LogP contribution < -0.4 is 15.2 Å². The average molecular weight is 404 g/mol. The van der Waals surface area contributed by atoms with Crippen LogP contribution in [0, 0.1) is 0 Å². The molecule has 0 radical (unpaired) electrons. The molecule has 8 nitrogen and oxygen atoms in total. The number of nitrogens with zero attached hydrogens (tertiary/aromatic N) is 5. The van der Waals surface area contributed by atoms with Gasteiger partial charge in [0.25, 0.3) is 5.56 Å². The van der Waals surface area contributed by atoms with E-state index in [4.69, 9.17) is 9.72 Å². The fourth-order valence-electron chi connectivity index (χ4n) is 4.00. The molecule has 1 fully saturated rings. The van der Waals surface area contributed by atoms with Crippen LogP contribution in [0.3, 0.4) is 0 Å². The molecule has 8 heteroatoms. The zero-order valence-corrected chi connectivity index (χ0v) is 16.9. The summed E-state index contributed by atoms with van der Waals surface area (Å²) in [4.78, 5) is 29.7. The zero-order chi connectivity index (χ0) is 20.5. The minimum absolute atomic E-state index is 0.0153. The first-order valence-electron chi connectivity index (χ1n) is 10.2. The van der Waals surface area contributed by atoms with Crippen molar-refractivity contribution in [3.63, 3.8) is 0 Å². The number of piperazine rings is 1. The van der Waals surface area contributed by atoms with Gasteiger partial charge in [-0.25, -0.2) is 4.98 Å². The van der Waals surface area contributed by atoms with Crippen molar-refractivity contribution < 1.29 is 4.74 Å². The molecule has 1 aliphatic rings. The maximum absolute atomic E-state index is 12.5. The highest BCUT2D eigenvalue weighted by Crippen LogP contribution is 2.19. The normalized spacial score (nSPS) is 15.2. The summed E-state index contributed by atoms with van der Waals surface area (Å²) in [6.45, 7) is 5.09. The van der Waals surface area contributed by atoms with Crippen molar-refractivity contribution in [1.82, 2.24) is 24.4 Å². The number of anilines is 1. The number of pyridine rings is 2. The highest BCUT2D eigenvalue weighted by Gasteiger charge is 2.19. The van der Waals surface area contributed by atoms with E-state index in [9.17, 15) is 4.79 Å². The number of benzene rings is 1. The third-order valence-corrected chi connectivity index (χ3v) is 5.74. The maximum atomic E-state index is 12.5. The van der Waals surface area contributed by atoms with E-state index < -0.39 is 0 Å². The van der Waals surface area contributed by atoms with Gasteiger partial charge < -0.3 is 19.2 Å². The minimum atomic E-state index is -0.0153. The number of aromatic amines is 1. The molecule has 1 aromatic carbocycles. The molecule has 0 saturated carbocycles. The highest BCUT2D eigenvalue weighted by molar-refractivity contribution is 5.77. The summed E-state index contributed by atoms with van der Waals surface area (Å²) in [5.74, 6) is 1.58. The van der Waals surface area contributed by atoms with E-state index >= 15 is 0 Å². The van der Waals surface area contributed by atoms with Gasteiger partial charge in [-0.15, -0.1) is 0 Å². The molecule has 1 N–H and O–H groups in total. The summed E-state index contributed by atoms with van der Waals surface area (Å²) in [5.41, 5.74) is 3.65. The first-order chi connectivity index (χ1) is 14.7. The lowest BCUT2D eigenvalue weighted by atomic mass is 10.3. The largest absolute Gasteiger partial charge is 0.495 e. The van der Waals surface area contributed by atoms with Crippen molar-refractivity contribution in [2.24, 2.45) is 0 Å². The van der Waals surface area contributed by atoms with Crippen LogP contribution in [0.4, 0.5) is 5.95 Å². The first-order valence-corrected chi connectivity index (χ1v) is 10.2. The molecule has 3 aromatic heterocycles. The lowest BCUT2D eigenvalue weighted by Crippen LogP contribution is -2.48. The van der Waals surface area contributed by atoms with Gasteiger partial charge in [-0.05, 0) is 18.2 Å². The van der Waals surface area contributed by atoms with Crippen LogP contribution in [0.15, 0.2) is 53.5 Å². The Balaban J connectivity index is 1.26. The predicted molar refractivity (Wildman–Crippen MR) is 117 cm³/mol. The number of aromatic nitrogens is 4. The van der Waals surface area contributed by atoms with Crippen LogP contribution in [0.25, 0.3) is 22.1 Å². The van der Waals surface area contributed by atoms with Gasteiger partial charge in [-0.1, -0.05) is 12.1 Å². The Hall–Kier alpha value is -3.39. The van der Waals surface area contributed by atoms with Crippen LogP contribution in [0.2, 0.25) is 0 Å². The highest BCUT2D eigenvalue weighted by atomic mass is 16.5. The molecule has 30 heavy (non-hydrogen) atoms. The van der Waals surface area contributed by atoms with Crippen molar-refractivity contribution in [1.29, 1.82) is 0 Å². The molecule has 0 unspecified atom stereocenters. The Morgan fingerprint density at radius 1 is 1.03 bits per heavy atom. The molecule has 5 rings (SSSR count). The van der Waals surface area contributed by atoms with Crippen molar-refractivity contribution in [2.75, 3.05) is 44.7 Å². The molecular formula is C22H24N6O2. The van der Waals surface area contributed by atoms with Gasteiger partial charge in [0.1, 0.15) is 5.75 Å². The maximum Gasteiger partial charge on any atom is 0.251 e. The van der Waals surface area contributed by atoms with Gasteiger partial charge in [-0.2, -0.15) is 0 Å². The number of nitrogens with one attached hydrogen (secondary N) is 1. The van der Waals surface area contributed by atoms with Gasteiger partial charge >= 0.3 is 0 Å². The van der Waals surface area contributed by atoms with Crippen molar-refractivity contribution in [2.45, 2.75) is 6.54 Å². The van der Waals surface area contributed by atoms with Crippen molar-refractivity contribution in [3.05, 3.63) is 59.0 Å². The quantitative estimate of drug-likeness (QED) is 0.549. The van der Waals surface area contributed by atoms with Crippen LogP contribution in [0.1, 0.15) is 0 Å². The fourth-order valence-corrected chi connectivity index (χ4v) is 4.00. The van der Waals surface area contributed by atoms with Crippen LogP contribution in [-0.2, 0) is 6.54 Å². The molecule has 154 valence electrons. The van der Waals surface area contributed by atoms with Gasteiger partial charge in [-0.3, -0.25) is 14.7 Å². The Bertz CT molecular complexity index is 1210. The van der Waals surface area contributed by atoms with E-state index in [-0.39, 0.29) is 5.56 Å². The fraction of sp³-hybridized carbons (Fsp3) is 0.318. The van der Waals surface area contributed by atoms with E-state index in [1.165, 1.54) is 0 Å². The molecule has 1 aliphatic heterocycles. The number of methoxy groups -OCH3 is 1. The Morgan fingerprint density at radius 3 is 2.67 bits per heavy atom. The Morgan fingerprint density at radius 2 is 1.87 bits per heavy atom. The van der Waals surface area contributed by atoms with Crippen molar-refractivity contribution >= 4 is 28.0 Å². The van der Waals surface area contributed by atoms with Crippen LogP contribution in [0.5, 0.6) is 5.75 Å². The van der Waals surface area contributed by atoms with E-state index in [2.05, 4.69) is 19.8 Å². The number of H-pyrrole nitrogens is 1. The first kappa shape index (κ1) is 18.6. The molecule has 0 atom stereocenters. The summed E-state index contributed by atoms with van der Waals surface area (Å²) in [5, 5.41) is 0. The number of imidazole rings is 1. The van der Waals surface area contributed by atoms with Gasteiger partial charge in [0.15, 0.2) is 0 Å². The van der Waals surface area contributed by atoms with E-state index in [0.717, 1.165) is 60.7 Å². The second-order valence-corrected chi connectivity index (χ2v) is 7.51. The van der Waals surface area contributed by atoms with Gasteiger partial charge in [0, 0.05) is 51.4 Å². The average Bonchev–Trinajstić information content (AvgIpc) is 3.23. The minimum Gasteiger partial charge on any atom is -0.495 e. The zero-order valence-electron chi connectivity index (χ0n) is 16.9. The molecular weight excluding hydrogens is 380 g/mol. The second kappa shape index (κ2) is 7.79. The third-order valence-electron chi connectivity index (χ3n) is 5.74. The lowest BCUT2D eigenvalue weighted by molar-refractivity contribution is 0.247. The molecule has 4 heterocycles. The second-order valence-electron chi connectivity index (χ2n) is 7.51. The Kier molecular flexibility index (Phi) is 4.84. The molecule has 1 saturated heterocycles. The molecule has 0 bridgehead atoms. The summed E-state index contributed by atoms with van der Waals surface area (Å²) in [6, 6.07) is 13.3. The predicted octanol–water partition coefficient (Wildman–Crippen LogP) is 2.10. The summed E-state index contributed by atoms with van der Waals surface area (Å²) in [7, 11) is 1.61. The molecule has 0 spiro atoms. The standard InChI is InChI=1S/C22H24N6O2/c1-30-16-14-20-19(23-15-16)6-7-21(29)28(20)13-10-26-8-11-27(12-9-26)22-24-17-4-2-3-5-18(17)25-22/h2-7,14-15H,8-13H2,1H3,(H,24,25). The topological polar surface area (TPSA) is 79.3 Å². The van der Waals surface area contributed by atoms with Crippen LogP contribution in [-0.4, -0.2) is 64.3 Å². The monoisotopic (exact) mass is 404 g/mol. The number of hydrogen-bond acceptors (Lipinski definition) is 6. The molecule has 0 aliphatic carbocycles. The smallest absolute Gasteiger partial charge is 0.251 e. The molecule has 0 amide bonds. The molecule has 4 aromatic rings. The third kappa shape index (κ3) is 3.50. The van der Waals surface area contributed by atoms with E-state index in [1.807, 2.05) is 30.3 Å².